The highest BCUT2D eigenvalue weighted by Crippen LogP contribution is 2.32. The number of likely N-dealkylation sites (tertiary alicyclic amines) is 1. The van der Waals surface area contributed by atoms with Crippen molar-refractivity contribution in [1.29, 1.82) is 0 Å². The van der Waals surface area contributed by atoms with E-state index in [0.717, 1.165) is 11.8 Å². The topological polar surface area (TPSA) is 139 Å². The van der Waals surface area contributed by atoms with Crippen LogP contribution >= 0.6 is 11.8 Å². The van der Waals surface area contributed by atoms with Crippen LogP contribution in [0.3, 0.4) is 0 Å². The molecule has 1 N–H and O–H groups in total. The van der Waals surface area contributed by atoms with E-state index >= 15 is 0 Å². The molecule has 0 bridgehead atoms. The van der Waals surface area contributed by atoms with E-state index in [-0.39, 0.29) is 54.0 Å². The summed E-state index contributed by atoms with van der Waals surface area (Å²) in [4.78, 5) is 63.8. The summed E-state index contributed by atoms with van der Waals surface area (Å²) >= 11 is 1.07. The number of piperazine rings is 1. The maximum Gasteiger partial charge on any atom is 0.410 e. The van der Waals surface area contributed by atoms with Crippen molar-refractivity contribution in [3.05, 3.63) is 75.8 Å². The number of nitrogens with zero attached hydrogens (tertiary/aromatic N) is 3. The number of nitro benzene ring substituents is 1. The summed E-state index contributed by atoms with van der Waals surface area (Å²) in [5, 5.41) is 13.0. The Morgan fingerprint density at radius 1 is 1.11 bits per heavy atom. The first-order valence-corrected chi connectivity index (χ1v) is 12.2. The predicted molar refractivity (Wildman–Crippen MR) is 130 cm³/mol. The molecule has 2 aromatic carbocycles. The van der Waals surface area contributed by atoms with Crippen molar-refractivity contribution in [3.8, 4) is 0 Å². The Bertz CT molecular complexity index is 1160. The van der Waals surface area contributed by atoms with Gasteiger partial charge in [0.15, 0.2) is 0 Å². The molecule has 0 saturated carbocycles. The molecule has 0 unspecified atom stereocenters. The van der Waals surface area contributed by atoms with Gasteiger partial charge in [-0.3, -0.25) is 29.4 Å². The lowest BCUT2D eigenvalue weighted by atomic mass is 10.1. The number of thioether (sulfide) groups is 1. The van der Waals surface area contributed by atoms with Gasteiger partial charge in [0.05, 0.1) is 11.5 Å². The van der Waals surface area contributed by atoms with E-state index in [2.05, 4.69) is 5.32 Å². The van der Waals surface area contributed by atoms with Crippen LogP contribution in [0.25, 0.3) is 0 Å². The molecule has 36 heavy (non-hydrogen) atoms. The Morgan fingerprint density at radius 2 is 1.83 bits per heavy atom. The van der Waals surface area contributed by atoms with E-state index in [1.807, 2.05) is 6.07 Å². The van der Waals surface area contributed by atoms with E-state index in [0.29, 0.717) is 24.2 Å². The smallest absolute Gasteiger partial charge is 0.410 e. The average molecular weight is 513 g/mol. The number of hydrogen-bond donors (Lipinski definition) is 1. The lowest BCUT2D eigenvalue weighted by molar-refractivity contribution is -0.384. The van der Waals surface area contributed by atoms with Gasteiger partial charge in [0.25, 0.3) is 5.69 Å². The van der Waals surface area contributed by atoms with Gasteiger partial charge in [-0.25, -0.2) is 4.79 Å². The maximum atomic E-state index is 13.3. The largest absolute Gasteiger partial charge is 0.445 e. The van der Waals surface area contributed by atoms with Crippen LogP contribution in [0.5, 0.6) is 0 Å². The maximum absolute atomic E-state index is 13.3. The van der Waals surface area contributed by atoms with Gasteiger partial charge in [0.2, 0.25) is 16.9 Å². The highest BCUT2D eigenvalue weighted by Gasteiger charge is 2.43. The Hall–Kier alpha value is -3.93. The van der Waals surface area contributed by atoms with E-state index in [9.17, 15) is 29.3 Å². The van der Waals surface area contributed by atoms with Gasteiger partial charge in [0.1, 0.15) is 12.6 Å². The quantitative estimate of drug-likeness (QED) is 0.459. The summed E-state index contributed by atoms with van der Waals surface area (Å²) in [5.41, 5.74) is 0.995. The molecular weight excluding hydrogens is 488 g/mol. The number of rotatable bonds is 6. The fourth-order valence-electron chi connectivity index (χ4n) is 4.09. The van der Waals surface area contributed by atoms with E-state index in [1.54, 1.807) is 24.3 Å². The van der Waals surface area contributed by atoms with E-state index in [4.69, 9.17) is 4.74 Å². The zero-order valence-electron chi connectivity index (χ0n) is 19.2. The van der Waals surface area contributed by atoms with Crippen molar-refractivity contribution in [3.63, 3.8) is 0 Å². The SMILES string of the molecule is O=C1CN(C(=O)[C@@H]2C[C@H](SC(=O)c3ccccc3)CN2C(=O)OCc2ccc([N+](=O)[O-])cc2)CCN1. The number of ether oxygens (including phenoxy) is 1. The molecule has 2 aliphatic rings. The number of benzene rings is 2. The van der Waals surface area contributed by atoms with Crippen molar-refractivity contribution in [1.82, 2.24) is 15.1 Å². The van der Waals surface area contributed by atoms with Crippen LogP contribution in [0.2, 0.25) is 0 Å². The van der Waals surface area contributed by atoms with Gasteiger partial charge >= 0.3 is 6.09 Å². The first-order valence-electron chi connectivity index (χ1n) is 11.3. The molecule has 188 valence electrons. The van der Waals surface area contributed by atoms with Gasteiger partial charge in [-0.05, 0) is 24.1 Å². The fourth-order valence-corrected chi connectivity index (χ4v) is 5.18. The molecule has 2 aromatic rings. The first kappa shape index (κ1) is 25.2. The summed E-state index contributed by atoms with van der Waals surface area (Å²) < 4.78 is 5.41. The minimum absolute atomic E-state index is 0.0798. The minimum Gasteiger partial charge on any atom is -0.445 e. The van der Waals surface area contributed by atoms with Gasteiger partial charge in [-0.2, -0.15) is 0 Å². The zero-order chi connectivity index (χ0) is 25.7. The minimum atomic E-state index is -0.874. The number of non-ortho nitro benzene ring substituents is 1. The molecule has 0 radical (unpaired) electrons. The Balaban J connectivity index is 1.45. The fraction of sp³-hybridized carbons (Fsp3) is 0.333. The van der Waals surface area contributed by atoms with Gasteiger partial charge in [0, 0.05) is 42.6 Å². The molecule has 0 aromatic heterocycles. The second-order valence-electron chi connectivity index (χ2n) is 8.39. The average Bonchev–Trinajstić information content (AvgIpc) is 3.31. The van der Waals surface area contributed by atoms with Crippen molar-refractivity contribution in [2.75, 3.05) is 26.2 Å². The van der Waals surface area contributed by atoms with E-state index in [1.165, 1.54) is 34.1 Å². The number of nitro groups is 1. The number of nitrogens with one attached hydrogen (secondary N) is 1. The van der Waals surface area contributed by atoms with Crippen molar-refractivity contribution < 1.29 is 28.8 Å². The van der Waals surface area contributed by atoms with E-state index < -0.39 is 17.1 Å². The highest BCUT2D eigenvalue weighted by molar-refractivity contribution is 8.14. The second kappa shape index (κ2) is 11.2. The van der Waals surface area contributed by atoms with Crippen LogP contribution in [0, 0.1) is 10.1 Å². The second-order valence-corrected chi connectivity index (χ2v) is 9.66. The summed E-state index contributed by atoms with van der Waals surface area (Å²) in [7, 11) is 0. The van der Waals surface area contributed by atoms with Gasteiger partial charge in [-0.15, -0.1) is 0 Å². The summed E-state index contributed by atoms with van der Waals surface area (Å²) in [6, 6.07) is 13.5. The first-order chi connectivity index (χ1) is 17.3. The third-order valence-corrected chi connectivity index (χ3v) is 7.05. The van der Waals surface area contributed by atoms with Crippen LogP contribution in [0.15, 0.2) is 54.6 Å². The van der Waals surface area contributed by atoms with Crippen molar-refractivity contribution >= 4 is 40.5 Å². The van der Waals surface area contributed by atoms with Gasteiger partial charge in [-0.1, -0.05) is 42.1 Å². The number of carbonyl (C=O) groups is 4. The molecule has 4 rings (SSSR count). The molecule has 12 heteroatoms. The number of amides is 3. The molecule has 2 saturated heterocycles. The molecular formula is C24H24N4O7S. The van der Waals surface area contributed by atoms with Crippen LogP contribution in [0.1, 0.15) is 22.3 Å². The molecule has 3 amide bonds. The van der Waals surface area contributed by atoms with Crippen LogP contribution in [-0.4, -0.2) is 75.2 Å². The molecule has 2 aliphatic heterocycles. The Kier molecular flexibility index (Phi) is 7.84. The number of hydrogen-bond acceptors (Lipinski definition) is 8. The van der Waals surface area contributed by atoms with Crippen molar-refractivity contribution in [2.24, 2.45) is 0 Å². The Labute approximate surface area is 210 Å². The molecule has 2 atom stereocenters. The van der Waals surface area contributed by atoms with Crippen LogP contribution in [0.4, 0.5) is 10.5 Å². The van der Waals surface area contributed by atoms with Crippen molar-refractivity contribution in [2.45, 2.75) is 24.3 Å². The highest BCUT2D eigenvalue weighted by atomic mass is 32.2. The third kappa shape index (κ3) is 6.00. The molecule has 0 spiro atoms. The molecule has 11 nitrogen and oxygen atoms in total. The zero-order valence-corrected chi connectivity index (χ0v) is 20.0. The third-order valence-electron chi connectivity index (χ3n) is 5.92. The van der Waals surface area contributed by atoms with Crippen LogP contribution < -0.4 is 5.32 Å². The van der Waals surface area contributed by atoms with Gasteiger partial charge < -0.3 is 15.0 Å². The molecule has 2 heterocycles. The predicted octanol–water partition coefficient (Wildman–Crippen LogP) is 2.21. The number of carbonyl (C=O) groups excluding carboxylic acids is 4. The normalized spacial score (nSPS) is 19.5. The summed E-state index contributed by atoms with van der Waals surface area (Å²) in [5.74, 6) is -0.641. The lowest BCUT2D eigenvalue weighted by Crippen LogP contribution is -2.55. The van der Waals surface area contributed by atoms with Crippen LogP contribution in [-0.2, 0) is 20.9 Å². The summed E-state index contributed by atoms with van der Waals surface area (Å²) in [6.45, 7) is 0.543. The lowest BCUT2D eigenvalue weighted by Gasteiger charge is -2.31. The monoisotopic (exact) mass is 512 g/mol. The molecule has 0 aliphatic carbocycles. The standard InChI is InChI=1S/C24H24N4O7S/c29-21-14-26(11-10-25-21)22(30)20-12-19(36-23(31)17-4-2-1-3-5-17)13-27(20)24(32)35-15-16-6-8-18(9-7-16)28(33)34/h1-9,19-20H,10-15H2,(H,25,29)/t19-,20-/m0/s1. The Morgan fingerprint density at radius 3 is 2.50 bits per heavy atom. The molecule has 2 fully saturated rings. The summed E-state index contributed by atoms with van der Waals surface area (Å²) in [6.07, 6.45) is -0.490.